The lowest BCUT2D eigenvalue weighted by Gasteiger charge is -2.09. The minimum Gasteiger partial charge on any atom is -0.493 e. The highest BCUT2D eigenvalue weighted by molar-refractivity contribution is 9.10. The Morgan fingerprint density at radius 1 is 1.27 bits per heavy atom. The molecule has 0 aliphatic rings. The fourth-order valence-electron chi connectivity index (χ4n) is 2.11. The van der Waals surface area contributed by atoms with Crippen molar-refractivity contribution >= 4 is 38.4 Å². The molecule has 6 heteroatoms. The zero-order valence-electron chi connectivity index (χ0n) is 11.6. The van der Waals surface area contributed by atoms with Gasteiger partial charge in [0.25, 0.3) is 0 Å². The number of aromatic nitrogens is 1. The molecule has 22 heavy (non-hydrogen) atoms. The van der Waals surface area contributed by atoms with E-state index in [2.05, 4.69) is 20.9 Å². The molecule has 0 saturated carbocycles. The van der Waals surface area contributed by atoms with E-state index in [4.69, 9.17) is 20.8 Å². The molecule has 0 atom stereocenters. The first-order chi connectivity index (χ1) is 10.6. The Morgan fingerprint density at radius 2 is 2.09 bits per heavy atom. The number of hydrogen-bond donors (Lipinski definition) is 0. The van der Waals surface area contributed by atoms with Gasteiger partial charge >= 0.3 is 5.63 Å². The quantitative estimate of drug-likeness (QED) is 0.662. The number of hydrogen-bond acceptors (Lipinski definition) is 4. The van der Waals surface area contributed by atoms with E-state index >= 15 is 0 Å². The Bertz CT molecular complexity index is 908. The van der Waals surface area contributed by atoms with Gasteiger partial charge in [-0.1, -0.05) is 27.5 Å². The van der Waals surface area contributed by atoms with Crippen LogP contribution in [0.4, 0.5) is 0 Å². The molecule has 0 aliphatic heterocycles. The van der Waals surface area contributed by atoms with E-state index in [0.717, 1.165) is 4.47 Å². The molecular formula is C16H11BrClNO3. The summed E-state index contributed by atoms with van der Waals surface area (Å²) in [6, 6.07) is 10.3. The van der Waals surface area contributed by atoms with Crippen LogP contribution in [0.15, 0.2) is 50.1 Å². The number of benzene rings is 2. The molecule has 0 spiro atoms. The normalized spacial score (nSPS) is 10.9. The summed E-state index contributed by atoms with van der Waals surface area (Å²) in [5.74, 6) is 0.798. The maximum atomic E-state index is 12.1. The topological polar surface area (TPSA) is 52.3 Å². The lowest BCUT2D eigenvalue weighted by molar-refractivity contribution is 0.340. The highest BCUT2D eigenvalue weighted by atomic mass is 79.9. The second kappa shape index (κ2) is 6.10. The number of ether oxygens (including phenoxy) is 1. The second-order valence-electron chi connectivity index (χ2n) is 4.54. The molecule has 0 unspecified atom stereocenters. The smallest absolute Gasteiger partial charge is 0.347 e. The zero-order chi connectivity index (χ0) is 15.7. The van der Waals surface area contributed by atoms with Gasteiger partial charge in [0.2, 0.25) is 5.89 Å². The SMILES string of the molecule is CCOc1ccc(Br)cc1-c1nc2cc(Cl)ccc2c(=O)o1. The lowest BCUT2D eigenvalue weighted by Crippen LogP contribution is -2.04. The molecule has 0 N–H and O–H groups in total. The van der Waals surface area contributed by atoms with E-state index in [-0.39, 0.29) is 5.89 Å². The monoisotopic (exact) mass is 379 g/mol. The molecule has 1 heterocycles. The van der Waals surface area contributed by atoms with Crippen LogP contribution in [0.1, 0.15) is 6.92 Å². The molecular weight excluding hydrogens is 370 g/mol. The molecule has 3 aromatic rings. The number of halogens is 2. The van der Waals surface area contributed by atoms with Gasteiger partial charge in [0.15, 0.2) is 0 Å². The highest BCUT2D eigenvalue weighted by Crippen LogP contribution is 2.32. The third-order valence-corrected chi connectivity index (χ3v) is 3.79. The first-order valence-electron chi connectivity index (χ1n) is 6.61. The highest BCUT2D eigenvalue weighted by Gasteiger charge is 2.14. The molecule has 0 amide bonds. The van der Waals surface area contributed by atoms with Crippen LogP contribution in [0, 0.1) is 0 Å². The maximum absolute atomic E-state index is 12.1. The first kappa shape index (κ1) is 15.1. The molecule has 0 aliphatic carbocycles. The second-order valence-corrected chi connectivity index (χ2v) is 5.89. The van der Waals surface area contributed by atoms with Crippen molar-refractivity contribution in [1.29, 1.82) is 0 Å². The Morgan fingerprint density at radius 3 is 2.86 bits per heavy atom. The summed E-state index contributed by atoms with van der Waals surface area (Å²) in [6.45, 7) is 2.38. The van der Waals surface area contributed by atoms with Gasteiger partial charge in [0.05, 0.1) is 23.1 Å². The van der Waals surface area contributed by atoms with Crippen LogP contribution < -0.4 is 10.4 Å². The van der Waals surface area contributed by atoms with E-state index in [1.54, 1.807) is 30.3 Å². The van der Waals surface area contributed by atoms with Crippen molar-refractivity contribution in [1.82, 2.24) is 4.98 Å². The Balaban J connectivity index is 2.26. The van der Waals surface area contributed by atoms with Gasteiger partial charge in [0, 0.05) is 9.50 Å². The Kier molecular flexibility index (Phi) is 4.18. The largest absolute Gasteiger partial charge is 0.493 e. The van der Waals surface area contributed by atoms with Gasteiger partial charge in [-0.2, -0.15) is 0 Å². The van der Waals surface area contributed by atoms with Gasteiger partial charge in [-0.15, -0.1) is 0 Å². The molecule has 1 aromatic heterocycles. The van der Waals surface area contributed by atoms with Crippen molar-refractivity contribution in [2.75, 3.05) is 6.61 Å². The molecule has 0 radical (unpaired) electrons. The van der Waals surface area contributed by atoms with Gasteiger partial charge in [-0.05, 0) is 43.3 Å². The van der Waals surface area contributed by atoms with Crippen molar-refractivity contribution in [3.63, 3.8) is 0 Å². The van der Waals surface area contributed by atoms with E-state index in [9.17, 15) is 4.79 Å². The van der Waals surface area contributed by atoms with Crippen LogP contribution in [0.2, 0.25) is 5.02 Å². The van der Waals surface area contributed by atoms with E-state index in [0.29, 0.717) is 33.8 Å². The van der Waals surface area contributed by atoms with Gasteiger partial charge in [-0.3, -0.25) is 0 Å². The predicted octanol–water partition coefficient (Wildman–Crippen LogP) is 4.67. The van der Waals surface area contributed by atoms with Crippen LogP contribution in [0.25, 0.3) is 22.4 Å². The molecule has 0 saturated heterocycles. The molecule has 0 fully saturated rings. The van der Waals surface area contributed by atoms with Crippen LogP contribution in [0.5, 0.6) is 5.75 Å². The van der Waals surface area contributed by atoms with Crippen molar-refractivity contribution in [2.45, 2.75) is 6.92 Å². The van der Waals surface area contributed by atoms with Crippen molar-refractivity contribution < 1.29 is 9.15 Å². The van der Waals surface area contributed by atoms with Gasteiger partial charge in [0.1, 0.15) is 5.75 Å². The summed E-state index contributed by atoms with van der Waals surface area (Å²) in [5.41, 5.74) is 0.635. The van der Waals surface area contributed by atoms with Crippen molar-refractivity contribution in [2.24, 2.45) is 0 Å². The standard InChI is InChI=1S/C16H11BrClNO3/c1-2-21-14-6-3-9(17)7-12(14)15-19-13-8-10(18)4-5-11(13)16(20)22-15/h3-8H,2H2,1H3. The summed E-state index contributed by atoms with van der Waals surface area (Å²) in [4.78, 5) is 16.5. The average molecular weight is 381 g/mol. The van der Waals surface area contributed by atoms with Crippen molar-refractivity contribution in [3.05, 3.63) is 56.3 Å². The fraction of sp³-hybridized carbons (Fsp3) is 0.125. The average Bonchev–Trinajstić information content (AvgIpc) is 2.48. The molecule has 112 valence electrons. The summed E-state index contributed by atoms with van der Waals surface area (Å²) >= 11 is 9.37. The van der Waals surface area contributed by atoms with Crippen molar-refractivity contribution in [3.8, 4) is 17.2 Å². The Hall–Kier alpha value is -1.85. The van der Waals surface area contributed by atoms with Gasteiger partial charge < -0.3 is 9.15 Å². The first-order valence-corrected chi connectivity index (χ1v) is 7.78. The lowest BCUT2D eigenvalue weighted by atomic mass is 10.2. The molecule has 0 bridgehead atoms. The summed E-state index contributed by atoms with van der Waals surface area (Å²) in [6.07, 6.45) is 0. The third-order valence-electron chi connectivity index (χ3n) is 3.06. The van der Waals surface area contributed by atoms with Crippen LogP contribution in [0.3, 0.4) is 0 Å². The number of rotatable bonds is 3. The van der Waals surface area contributed by atoms with Crippen LogP contribution in [-0.2, 0) is 0 Å². The van der Waals surface area contributed by atoms with Gasteiger partial charge in [-0.25, -0.2) is 9.78 Å². The number of nitrogens with zero attached hydrogens (tertiary/aromatic N) is 1. The summed E-state index contributed by atoms with van der Waals surface area (Å²) in [5, 5.41) is 0.900. The van der Waals surface area contributed by atoms with E-state index in [1.807, 2.05) is 13.0 Å². The number of fused-ring (bicyclic) bond motifs is 1. The predicted molar refractivity (Wildman–Crippen MR) is 89.6 cm³/mol. The summed E-state index contributed by atoms with van der Waals surface area (Å²) < 4.78 is 11.8. The minimum absolute atomic E-state index is 0.199. The molecule has 4 nitrogen and oxygen atoms in total. The zero-order valence-corrected chi connectivity index (χ0v) is 13.9. The van der Waals surface area contributed by atoms with E-state index in [1.165, 1.54) is 0 Å². The Labute approximate surface area is 139 Å². The van der Waals surface area contributed by atoms with Crippen LogP contribution in [-0.4, -0.2) is 11.6 Å². The fourth-order valence-corrected chi connectivity index (χ4v) is 2.64. The van der Waals surface area contributed by atoms with E-state index < -0.39 is 5.63 Å². The maximum Gasteiger partial charge on any atom is 0.347 e. The van der Waals surface area contributed by atoms with Crippen LogP contribution >= 0.6 is 27.5 Å². The molecule has 2 aromatic carbocycles. The third kappa shape index (κ3) is 2.87. The summed E-state index contributed by atoms with van der Waals surface area (Å²) in [7, 11) is 0. The molecule has 3 rings (SSSR count). The minimum atomic E-state index is -0.459.